The lowest BCUT2D eigenvalue weighted by Crippen LogP contribution is -2.43. The lowest BCUT2D eigenvalue weighted by atomic mass is 9.96. The molecule has 1 fully saturated rings. The summed E-state index contributed by atoms with van der Waals surface area (Å²) in [5.41, 5.74) is 2.60. The van der Waals surface area contributed by atoms with Gasteiger partial charge in [0.15, 0.2) is 11.0 Å². The number of amides is 1. The monoisotopic (exact) mass is 440 g/mol. The van der Waals surface area contributed by atoms with Gasteiger partial charge in [-0.15, -0.1) is 4.40 Å². The molecule has 1 N–H and O–H groups in total. The van der Waals surface area contributed by atoms with Gasteiger partial charge in [-0.05, 0) is 43.5 Å². The molecule has 1 aromatic heterocycles. The highest BCUT2D eigenvalue weighted by atomic mass is 32.2. The number of nitrogens with one attached hydrogen (secondary N) is 1. The average molecular weight is 441 g/mol. The van der Waals surface area contributed by atoms with Crippen LogP contribution in [-0.2, 0) is 14.8 Å². The van der Waals surface area contributed by atoms with Crippen LogP contribution in [0.15, 0.2) is 51.8 Å². The summed E-state index contributed by atoms with van der Waals surface area (Å²) in [5, 5.41) is 3.55. The number of hydrogen-bond donors (Lipinski definition) is 1. The zero-order valence-corrected chi connectivity index (χ0v) is 18.0. The number of nitrogens with zero attached hydrogens (tertiary/aromatic N) is 3. The Kier molecular flexibility index (Phi) is 4.59. The number of hydrogen-bond acceptors (Lipinski definition) is 6. The van der Waals surface area contributed by atoms with Gasteiger partial charge in [0.2, 0.25) is 5.91 Å². The molecule has 1 amide bonds. The van der Waals surface area contributed by atoms with E-state index in [2.05, 4.69) is 14.7 Å². The van der Waals surface area contributed by atoms with Crippen LogP contribution in [0.3, 0.4) is 0 Å². The number of piperidine rings is 1. The minimum Gasteiger partial charge on any atom is -0.355 e. The molecule has 0 bridgehead atoms. The SMILES string of the molecule is Cc1cccc2sc(NC(=O)C3CCCN(C4=NS(=O)(=O)c5ccccc54)C3)nc12. The molecule has 0 spiro atoms. The molecule has 2 aliphatic heterocycles. The van der Waals surface area contributed by atoms with E-state index in [1.54, 1.807) is 24.3 Å². The maximum Gasteiger partial charge on any atom is 0.285 e. The van der Waals surface area contributed by atoms with Gasteiger partial charge in [-0.2, -0.15) is 8.42 Å². The van der Waals surface area contributed by atoms with Crippen LogP contribution in [0.25, 0.3) is 10.2 Å². The van der Waals surface area contributed by atoms with E-state index in [1.807, 2.05) is 30.0 Å². The van der Waals surface area contributed by atoms with Crippen molar-refractivity contribution in [2.75, 3.05) is 18.4 Å². The second kappa shape index (κ2) is 7.17. The summed E-state index contributed by atoms with van der Waals surface area (Å²) in [6, 6.07) is 12.8. The van der Waals surface area contributed by atoms with E-state index in [-0.39, 0.29) is 16.7 Å². The number of rotatable bonds is 2. The Hall–Kier alpha value is -2.78. The number of carbonyl (C=O) groups excluding carboxylic acids is 1. The van der Waals surface area contributed by atoms with Crippen LogP contribution in [0.1, 0.15) is 24.0 Å². The average Bonchev–Trinajstić information content (AvgIpc) is 3.27. The summed E-state index contributed by atoms with van der Waals surface area (Å²) in [5.74, 6) is 0.0925. The first-order valence-electron chi connectivity index (χ1n) is 9.79. The van der Waals surface area contributed by atoms with Gasteiger partial charge in [0, 0.05) is 18.7 Å². The predicted octanol–water partition coefficient (Wildman–Crippen LogP) is 3.40. The Morgan fingerprint density at radius 2 is 2.03 bits per heavy atom. The van der Waals surface area contributed by atoms with Crippen molar-refractivity contribution in [3.63, 3.8) is 0 Å². The number of anilines is 1. The number of fused-ring (bicyclic) bond motifs is 2. The molecule has 0 saturated carbocycles. The van der Waals surface area contributed by atoms with E-state index in [0.29, 0.717) is 29.6 Å². The fourth-order valence-corrected chi connectivity index (χ4v) is 6.22. The van der Waals surface area contributed by atoms with Crippen molar-refractivity contribution in [2.45, 2.75) is 24.7 Å². The van der Waals surface area contributed by atoms with Gasteiger partial charge < -0.3 is 10.2 Å². The summed E-state index contributed by atoms with van der Waals surface area (Å²) in [6.07, 6.45) is 1.53. The summed E-state index contributed by atoms with van der Waals surface area (Å²) in [7, 11) is -3.67. The molecule has 5 rings (SSSR count). The number of aromatic nitrogens is 1. The van der Waals surface area contributed by atoms with Gasteiger partial charge >= 0.3 is 0 Å². The Morgan fingerprint density at radius 1 is 1.20 bits per heavy atom. The van der Waals surface area contributed by atoms with Crippen LogP contribution in [0.5, 0.6) is 0 Å². The maximum absolute atomic E-state index is 12.9. The van der Waals surface area contributed by atoms with Gasteiger partial charge in [-0.1, -0.05) is 35.6 Å². The summed E-state index contributed by atoms with van der Waals surface area (Å²) in [4.78, 5) is 19.6. The first kappa shape index (κ1) is 19.2. The molecule has 3 aromatic rings. The third kappa shape index (κ3) is 3.27. The highest BCUT2D eigenvalue weighted by Crippen LogP contribution is 2.31. The Balaban J connectivity index is 1.35. The Bertz CT molecular complexity index is 1300. The molecule has 1 saturated heterocycles. The Morgan fingerprint density at radius 3 is 2.87 bits per heavy atom. The third-order valence-corrected chi connectivity index (χ3v) is 7.82. The number of sulfonamides is 1. The summed E-state index contributed by atoms with van der Waals surface area (Å²) in [6.45, 7) is 3.10. The van der Waals surface area contributed by atoms with Crippen molar-refractivity contribution in [1.29, 1.82) is 0 Å². The predicted molar refractivity (Wildman–Crippen MR) is 117 cm³/mol. The molecule has 0 aliphatic carbocycles. The lowest BCUT2D eigenvalue weighted by molar-refractivity contribution is -0.121. The van der Waals surface area contributed by atoms with Gasteiger partial charge in [0.1, 0.15) is 4.90 Å². The molecule has 154 valence electrons. The van der Waals surface area contributed by atoms with Gasteiger partial charge in [0.25, 0.3) is 10.0 Å². The van der Waals surface area contributed by atoms with E-state index in [4.69, 9.17) is 0 Å². The zero-order valence-electron chi connectivity index (χ0n) is 16.3. The molecular formula is C21H20N4O3S2. The number of benzene rings is 2. The fraction of sp³-hybridized carbons (Fsp3) is 0.286. The molecule has 0 radical (unpaired) electrons. The zero-order chi connectivity index (χ0) is 20.9. The number of carbonyl (C=O) groups is 1. The second-order valence-electron chi connectivity index (χ2n) is 7.60. The van der Waals surface area contributed by atoms with E-state index >= 15 is 0 Å². The van der Waals surface area contributed by atoms with E-state index in [1.165, 1.54) is 11.3 Å². The largest absolute Gasteiger partial charge is 0.355 e. The summed E-state index contributed by atoms with van der Waals surface area (Å²) < 4.78 is 29.8. The second-order valence-corrected chi connectivity index (χ2v) is 10.2. The van der Waals surface area contributed by atoms with Crippen LogP contribution in [0.4, 0.5) is 5.13 Å². The number of thiazole rings is 1. The van der Waals surface area contributed by atoms with Crippen molar-refractivity contribution in [3.8, 4) is 0 Å². The number of likely N-dealkylation sites (tertiary alicyclic amines) is 1. The highest BCUT2D eigenvalue weighted by molar-refractivity contribution is 7.90. The number of aryl methyl sites for hydroxylation is 1. The highest BCUT2D eigenvalue weighted by Gasteiger charge is 2.35. The van der Waals surface area contributed by atoms with Crippen LogP contribution in [0.2, 0.25) is 0 Å². The fourth-order valence-electron chi connectivity index (χ4n) is 4.05. The molecule has 1 unspecified atom stereocenters. The standard InChI is InChI=1S/C21H20N4O3S2/c1-13-6-4-9-16-18(13)22-21(29-16)23-20(26)14-7-5-11-25(12-14)19-15-8-2-3-10-17(15)30(27,28)24-19/h2-4,6,8-10,14H,5,7,11-12H2,1H3,(H,22,23,26). The lowest BCUT2D eigenvalue weighted by Gasteiger charge is -2.33. The Labute approximate surface area is 178 Å². The molecule has 3 heterocycles. The van der Waals surface area contributed by atoms with Gasteiger partial charge in [-0.25, -0.2) is 4.98 Å². The molecular weight excluding hydrogens is 420 g/mol. The molecule has 30 heavy (non-hydrogen) atoms. The number of amidine groups is 1. The molecule has 7 nitrogen and oxygen atoms in total. The first-order chi connectivity index (χ1) is 14.4. The molecule has 9 heteroatoms. The minimum absolute atomic E-state index is 0.0915. The van der Waals surface area contributed by atoms with Gasteiger partial charge in [-0.3, -0.25) is 4.79 Å². The van der Waals surface area contributed by atoms with Crippen LogP contribution < -0.4 is 5.32 Å². The minimum atomic E-state index is -3.67. The first-order valence-corrected chi connectivity index (χ1v) is 12.0. The van der Waals surface area contributed by atoms with Crippen molar-refractivity contribution >= 4 is 48.5 Å². The topological polar surface area (TPSA) is 91.7 Å². The quantitative estimate of drug-likeness (QED) is 0.659. The van der Waals surface area contributed by atoms with Crippen molar-refractivity contribution in [3.05, 3.63) is 53.6 Å². The van der Waals surface area contributed by atoms with Crippen LogP contribution >= 0.6 is 11.3 Å². The smallest absolute Gasteiger partial charge is 0.285 e. The van der Waals surface area contributed by atoms with E-state index in [0.717, 1.165) is 28.6 Å². The number of para-hydroxylation sites is 1. The maximum atomic E-state index is 12.9. The van der Waals surface area contributed by atoms with E-state index < -0.39 is 10.0 Å². The molecule has 2 aromatic carbocycles. The molecule has 2 aliphatic rings. The van der Waals surface area contributed by atoms with Gasteiger partial charge in [0.05, 0.1) is 16.1 Å². The van der Waals surface area contributed by atoms with E-state index in [9.17, 15) is 13.2 Å². The normalized spacial score (nSPS) is 20.1. The van der Waals surface area contributed by atoms with Crippen molar-refractivity contribution in [1.82, 2.24) is 9.88 Å². The molecule has 1 atom stereocenters. The van der Waals surface area contributed by atoms with Crippen molar-refractivity contribution < 1.29 is 13.2 Å². The summed E-state index contributed by atoms with van der Waals surface area (Å²) >= 11 is 1.46. The van der Waals surface area contributed by atoms with Crippen LogP contribution in [-0.4, -0.2) is 43.1 Å². The van der Waals surface area contributed by atoms with Crippen molar-refractivity contribution in [2.24, 2.45) is 10.3 Å². The third-order valence-electron chi connectivity index (χ3n) is 5.56. The van der Waals surface area contributed by atoms with Crippen LogP contribution in [0, 0.1) is 12.8 Å².